The van der Waals surface area contributed by atoms with Gasteiger partial charge < -0.3 is 5.11 Å². The summed E-state index contributed by atoms with van der Waals surface area (Å²) in [6.45, 7) is 2.11. The Bertz CT molecular complexity index is 532. The molecule has 1 aromatic rings. The molecule has 0 aromatic heterocycles. The molecule has 0 heterocycles. The van der Waals surface area contributed by atoms with E-state index in [9.17, 15) is 5.11 Å². The minimum atomic E-state index is 0.514. The fourth-order valence-electron chi connectivity index (χ4n) is 4.51. The molecule has 0 amide bonds. The van der Waals surface area contributed by atoms with E-state index in [-0.39, 0.29) is 0 Å². The number of thiol groups is 1. The molecule has 0 unspecified atom stereocenters. The highest BCUT2D eigenvalue weighted by atomic mass is 33.5. The Morgan fingerprint density at radius 3 is 2.09 bits per heavy atom. The maximum Gasteiger partial charge on any atom is 0.119 e. The van der Waals surface area contributed by atoms with Crippen molar-refractivity contribution >= 4 is 32.3 Å². The monoisotopic (exact) mass is 368 g/mol. The first-order valence-electron chi connectivity index (χ1n) is 9.06. The molecular formula is C19H28OS3. The number of rotatable bonds is 4. The van der Waals surface area contributed by atoms with Gasteiger partial charge in [0, 0.05) is 4.90 Å². The zero-order valence-corrected chi connectivity index (χ0v) is 16.5. The molecule has 1 nitrogen and oxygen atoms in total. The van der Waals surface area contributed by atoms with Crippen LogP contribution >= 0.6 is 32.3 Å². The van der Waals surface area contributed by atoms with E-state index in [0.717, 1.165) is 5.56 Å². The number of hydrogen-bond donors (Lipinski definition) is 2. The Balaban J connectivity index is 2.05. The van der Waals surface area contributed by atoms with Crippen LogP contribution in [0.2, 0.25) is 0 Å². The fourth-order valence-corrected chi connectivity index (χ4v) is 6.77. The van der Waals surface area contributed by atoms with Crippen molar-refractivity contribution in [3.63, 3.8) is 0 Å². The molecule has 2 aliphatic carbocycles. The van der Waals surface area contributed by atoms with Gasteiger partial charge in [-0.15, -0.1) is 0 Å². The van der Waals surface area contributed by atoms with Gasteiger partial charge in [-0.3, -0.25) is 0 Å². The molecule has 1 aromatic carbocycles. The molecule has 0 spiro atoms. The third-order valence-electron chi connectivity index (χ3n) is 5.77. The molecule has 0 aliphatic heterocycles. The van der Waals surface area contributed by atoms with E-state index >= 15 is 0 Å². The summed E-state index contributed by atoms with van der Waals surface area (Å²) in [6.07, 6.45) is 13.2. The maximum atomic E-state index is 10.6. The molecule has 23 heavy (non-hydrogen) atoms. The summed E-state index contributed by atoms with van der Waals surface area (Å²) in [5.74, 6) is 1.77. The summed E-state index contributed by atoms with van der Waals surface area (Å²) in [6, 6.07) is 2.07. The van der Waals surface area contributed by atoms with Crippen LogP contribution in [-0.4, -0.2) is 5.11 Å². The normalized spacial score (nSPS) is 20.8. The highest BCUT2D eigenvalue weighted by Crippen LogP contribution is 2.50. The van der Waals surface area contributed by atoms with Crippen LogP contribution in [0.15, 0.2) is 11.0 Å². The number of aromatic hydroxyl groups is 1. The van der Waals surface area contributed by atoms with Crippen molar-refractivity contribution in [3.8, 4) is 5.75 Å². The molecule has 2 saturated carbocycles. The standard InChI is InChI=1S/C19H28OS3/c1-13-17(20)12-16(14-8-4-2-5-9-14)19(22-23-21)18(13)15-10-6-3-7-11-15/h12,14-15,20-21H,2-11H2,1H3. The van der Waals surface area contributed by atoms with Crippen molar-refractivity contribution in [1.29, 1.82) is 0 Å². The minimum Gasteiger partial charge on any atom is -0.508 e. The summed E-state index contributed by atoms with van der Waals surface area (Å²) < 4.78 is 0. The Hall–Kier alpha value is 0.0700. The van der Waals surface area contributed by atoms with Crippen LogP contribution in [-0.2, 0) is 0 Å². The summed E-state index contributed by atoms with van der Waals surface area (Å²) in [7, 11) is 3.36. The maximum absolute atomic E-state index is 10.6. The summed E-state index contributed by atoms with van der Waals surface area (Å²) in [4.78, 5) is 1.43. The fraction of sp³-hybridized carbons (Fsp3) is 0.684. The van der Waals surface area contributed by atoms with Gasteiger partial charge in [-0.25, -0.2) is 0 Å². The van der Waals surface area contributed by atoms with Gasteiger partial charge in [-0.05, 0) is 87.8 Å². The minimum absolute atomic E-state index is 0.514. The second-order valence-electron chi connectivity index (χ2n) is 7.18. The lowest BCUT2D eigenvalue weighted by molar-refractivity contribution is 0.417. The van der Waals surface area contributed by atoms with E-state index in [1.807, 2.05) is 10.8 Å². The molecule has 128 valence electrons. The number of hydrogen-bond acceptors (Lipinski definition) is 4. The first-order valence-corrected chi connectivity index (χ1v) is 12.3. The predicted molar refractivity (Wildman–Crippen MR) is 107 cm³/mol. The van der Waals surface area contributed by atoms with Crippen LogP contribution < -0.4 is 0 Å². The van der Waals surface area contributed by atoms with Crippen LogP contribution in [0, 0.1) is 6.92 Å². The van der Waals surface area contributed by atoms with Gasteiger partial charge in [0.1, 0.15) is 5.75 Å². The molecular weight excluding hydrogens is 340 g/mol. The van der Waals surface area contributed by atoms with E-state index in [2.05, 4.69) is 24.7 Å². The van der Waals surface area contributed by atoms with Crippen molar-refractivity contribution in [2.24, 2.45) is 0 Å². The van der Waals surface area contributed by atoms with E-state index in [4.69, 9.17) is 0 Å². The molecule has 1 N–H and O–H groups in total. The Morgan fingerprint density at radius 1 is 0.957 bits per heavy atom. The largest absolute Gasteiger partial charge is 0.508 e. The zero-order valence-electron chi connectivity index (χ0n) is 14.0. The Morgan fingerprint density at radius 2 is 1.52 bits per heavy atom. The van der Waals surface area contributed by atoms with Crippen LogP contribution in [0.1, 0.15) is 92.7 Å². The summed E-state index contributed by atoms with van der Waals surface area (Å²) in [5.41, 5.74) is 3.96. The second-order valence-corrected chi connectivity index (χ2v) is 10.2. The van der Waals surface area contributed by atoms with E-state index in [1.54, 1.807) is 9.83 Å². The molecule has 4 heteroatoms. The number of phenols is 1. The first-order chi connectivity index (χ1) is 11.2. The van der Waals surface area contributed by atoms with Crippen LogP contribution in [0.4, 0.5) is 0 Å². The third kappa shape index (κ3) is 4.01. The molecule has 2 fully saturated rings. The quantitative estimate of drug-likeness (QED) is 0.427. The van der Waals surface area contributed by atoms with Gasteiger partial charge in [-0.2, -0.15) is 0 Å². The summed E-state index contributed by atoms with van der Waals surface area (Å²) in [5, 5.41) is 10.6. The summed E-state index contributed by atoms with van der Waals surface area (Å²) >= 11 is 4.43. The lowest BCUT2D eigenvalue weighted by atomic mass is 9.78. The van der Waals surface area contributed by atoms with Crippen molar-refractivity contribution in [3.05, 3.63) is 22.8 Å². The van der Waals surface area contributed by atoms with Gasteiger partial charge in [0.25, 0.3) is 0 Å². The van der Waals surface area contributed by atoms with Crippen molar-refractivity contribution in [2.75, 3.05) is 0 Å². The average molecular weight is 369 g/mol. The van der Waals surface area contributed by atoms with E-state index < -0.39 is 0 Å². The van der Waals surface area contributed by atoms with Crippen molar-refractivity contribution < 1.29 is 5.11 Å². The topological polar surface area (TPSA) is 20.2 Å². The first kappa shape index (κ1) is 17.9. The van der Waals surface area contributed by atoms with Gasteiger partial charge in [0.2, 0.25) is 0 Å². The van der Waals surface area contributed by atoms with Crippen molar-refractivity contribution in [2.45, 2.75) is 87.9 Å². The number of phenolic OH excluding ortho intramolecular Hbond substituents is 1. The van der Waals surface area contributed by atoms with Gasteiger partial charge in [0.15, 0.2) is 0 Å². The van der Waals surface area contributed by atoms with Crippen molar-refractivity contribution in [1.82, 2.24) is 0 Å². The molecule has 0 bridgehead atoms. The van der Waals surface area contributed by atoms with Gasteiger partial charge in [0.05, 0.1) is 0 Å². The molecule has 2 aliphatic rings. The highest BCUT2D eigenvalue weighted by molar-refractivity contribution is 9.05. The lowest BCUT2D eigenvalue weighted by Crippen LogP contribution is -2.12. The third-order valence-corrected chi connectivity index (χ3v) is 7.86. The lowest BCUT2D eigenvalue weighted by Gasteiger charge is -2.30. The highest BCUT2D eigenvalue weighted by Gasteiger charge is 2.28. The van der Waals surface area contributed by atoms with Crippen LogP contribution in [0.5, 0.6) is 5.75 Å². The SMILES string of the molecule is Cc1c(O)cc(C2CCCCC2)c(SSS)c1C1CCCCC1. The number of benzene rings is 1. The van der Waals surface area contributed by atoms with E-state index in [0.29, 0.717) is 17.6 Å². The molecule has 0 saturated heterocycles. The van der Waals surface area contributed by atoms with Crippen LogP contribution in [0.3, 0.4) is 0 Å². The van der Waals surface area contributed by atoms with Crippen LogP contribution in [0.25, 0.3) is 0 Å². The Kier molecular flexibility index (Phi) is 6.56. The predicted octanol–water partition coefficient (Wildman–Crippen LogP) is 7.38. The zero-order chi connectivity index (χ0) is 16.2. The van der Waals surface area contributed by atoms with Gasteiger partial charge >= 0.3 is 0 Å². The second kappa shape index (κ2) is 8.44. The van der Waals surface area contributed by atoms with E-state index in [1.165, 1.54) is 80.2 Å². The molecule has 3 rings (SSSR count). The van der Waals surface area contributed by atoms with Gasteiger partial charge in [-0.1, -0.05) is 50.2 Å². The molecule has 0 radical (unpaired) electrons. The average Bonchev–Trinajstić information content (AvgIpc) is 2.60. The smallest absolute Gasteiger partial charge is 0.119 e. The molecule has 0 atom stereocenters. The Labute approximate surface area is 153 Å².